The van der Waals surface area contributed by atoms with Gasteiger partial charge in [-0.05, 0) is 21.5 Å². The topological polar surface area (TPSA) is 12.9 Å². The first-order chi connectivity index (χ1) is 6.77. The molecule has 2 rings (SSSR count). The van der Waals surface area contributed by atoms with Crippen molar-refractivity contribution < 1.29 is 4.39 Å². The standard InChI is InChI=1S/C10H7BrFNS/c11-10(12)8-3-1-7(2-4-8)9-5-14-6-13-9/h1-6,10H/t10-/m0/s1. The van der Waals surface area contributed by atoms with Gasteiger partial charge in [0.2, 0.25) is 0 Å². The molecule has 0 aliphatic rings. The Morgan fingerprint density at radius 1 is 1.29 bits per heavy atom. The maximum absolute atomic E-state index is 12.8. The minimum absolute atomic E-state index is 0.629. The van der Waals surface area contributed by atoms with E-state index in [0.717, 1.165) is 11.3 Å². The Morgan fingerprint density at radius 2 is 2.00 bits per heavy atom. The van der Waals surface area contributed by atoms with Gasteiger partial charge in [-0.25, -0.2) is 9.37 Å². The van der Waals surface area contributed by atoms with Gasteiger partial charge in [0.25, 0.3) is 0 Å². The van der Waals surface area contributed by atoms with Gasteiger partial charge in [-0.1, -0.05) is 24.3 Å². The molecule has 0 bridgehead atoms. The molecule has 1 nitrogen and oxygen atoms in total. The van der Waals surface area contributed by atoms with Gasteiger partial charge in [-0.15, -0.1) is 11.3 Å². The molecular weight excluding hydrogens is 265 g/mol. The lowest BCUT2D eigenvalue weighted by molar-refractivity contribution is 0.479. The third-order valence-corrected chi connectivity index (χ3v) is 3.01. The molecular formula is C10H7BrFNS. The Bertz CT molecular complexity index is 397. The van der Waals surface area contributed by atoms with E-state index in [0.29, 0.717) is 5.56 Å². The van der Waals surface area contributed by atoms with Crippen molar-refractivity contribution in [1.29, 1.82) is 0 Å². The molecule has 4 heteroatoms. The Labute approximate surface area is 93.7 Å². The van der Waals surface area contributed by atoms with Crippen LogP contribution in [0, 0.1) is 0 Å². The molecule has 0 radical (unpaired) electrons. The fourth-order valence-electron chi connectivity index (χ4n) is 1.15. The van der Waals surface area contributed by atoms with Gasteiger partial charge < -0.3 is 0 Å². The summed E-state index contributed by atoms with van der Waals surface area (Å²) < 4.78 is 12.8. The van der Waals surface area contributed by atoms with E-state index in [2.05, 4.69) is 20.9 Å². The Kier molecular flexibility index (Phi) is 2.93. The molecule has 0 fully saturated rings. The first-order valence-corrected chi connectivity index (χ1v) is 5.90. The second kappa shape index (κ2) is 4.19. The van der Waals surface area contributed by atoms with Crippen LogP contribution in [0.4, 0.5) is 4.39 Å². The lowest BCUT2D eigenvalue weighted by Crippen LogP contribution is -1.82. The zero-order chi connectivity index (χ0) is 9.97. The summed E-state index contributed by atoms with van der Waals surface area (Å²) in [6.07, 6.45) is 0. The summed E-state index contributed by atoms with van der Waals surface area (Å²) in [7, 11) is 0. The van der Waals surface area contributed by atoms with E-state index in [1.165, 1.54) is 0 Å². The van der Waals surface area contributed by atoms with Crippen LogP contribution < -0.4 is 0 Å². The molecule has 1 atom stereocenters. The van der Waals surface area contributed by atoms with E-state index in [1.807, 2.05) is 17.5 Å². The zero-order valence-corrected chi connectivity index (χ0v) is 9.56. The molecule has 0 spiro atoms. The van der Waals surface area contributed by atoms with E-state index in [9.17, 15) is 4.39 Å². The van der Waals surface area contributed by atoms with Gasteiger partial charge in [0.05, 0.1) is 11.2 Å². The third kappa shape index (κ3) is 2.01. The predicted octanol–water partition coefficient (Wildman–Crippen LogP) is 4.17. The van der Waals surface area contributed by atoms with Crippen molar-refractivity contribution in [1.82, 2.24) is 4.98 Å². The number of nitrogens with zero attached hydrogens (tertiary/aromatic N) is 1. The number of benzene rings is 1. The van der Waals surface area contributed by atoms with Crippen LogP contribution in [0.15, 0.2) is 35.2 Å². The summed E-state index contributed by atoms with van der Waals surface area (Å²) in [5.74, 6) is 0. The van der Waals surface area contributed by atoms with E-state index in [1.54, 1.807) is 29.0 Å². The maximum Gasteiger partial charge on any atom is 0.180 e. The van der Waals surface area contributed by atoms with Crippen molar-refractivity contribution >= 4 is 27.3 Å². The molecule has 1 heterocycles. The minimum atomic E-state index is -1.09. The summed E-state index contributed by atoms with van der Waals surface area (Å²) in [6.45, 7) is 0. The molecule has 1 aromatic carbocycles. The molecule has 1 aromatic heterocycles. The molecule has 0 unspecified atom stereocenters. The van der Waals surface area contributed by atoms with E-state index >= 15 is 0 Å². The highest BCUT2D eigenvalue weighted by atomic mass is 79.9. The smallest absolute Gasteiger partial charge is 0.180 e. The van der Waals surface area contributed by atoms with Gasteiger partial charge in [-0.2, -0.15) is 0 Å². The highest BCUT2D eigenvalue weighted by molar-refractivity contribution is 9.09. The van der Waals surface area contributed by atoms with Gasteiger partial charge >= 0.3 is 0 Å². The molecule has 0 saturated carbocycles. The minimum Gasteiger partial charge on any atom is -0.245 e. The lowest BCUT2D eigenvalue weighted by Gasteiger charge is -2.01. The SMILES string of the molecule is F[C@H](Br)c1ccc(-c2cscn2)cc1. The van der Waals surface area contributed by atoms with Crippen molar-refractivity contribution in [3.8, 4) is 11.3 Å². The Morgan fingerprint density at radius 3 is 2.50 bits per heavy atom. The van der Waals surface area contributed by atoms with Crippen LogP contribution in [0.3, 0.4) is 0 Å². The average Bonchev–Trinajstić information content (AvgIpc) is 2.71. The molecule has 0 aliphatic carbocycles. The molecule has 0 saturated heterocycles. The van der Waals surface area contributed by atoms with Gasteiger partial charge in [0.15, 0.2) is 5.08 Å². The number of hydrogen-bond donors (Lipinski definition) is 0. The van der Waals surface area contributed by atoms with Crippen molar-refractivity contribution in [3.05, 3.63) is 40.7 Å². The predicted molar refractivity (Wildman–Crippen MR) is 60.3 cm³/mol. The van der Waals surface area contributed by atoms with E-state index in [4.69, 9.17) is 0 Å². The second-order valence-corrected chi connectivity index (χ2v) is 4.32. The van der Waals surface area contributed by atoms with Gasteiger partial charge in [-0.3, -0.25) is 0 Å². The first-order valence-electron chi connectivity index (χ1n) is 4.04. The summed E-state index contributed by atoms with van der Waals surface area (Å²) in [4.78, 5) is 4.17. The number of halogens is 2. The summed E-state index contributed by atoms with van der Waals surface area (Å²) in [5, 5.41) is 0.878. The second-order valence-electron chi connectivity index (χ2n) is 2.80. The third-order valence-electron chi connectivity index (χ3n) is 1.89. The Hall–Kier alpha value is -0.740. The molecule has 2 aromatic rings. The summed E-state index contributed by atoms with van der Waals surface area (Å²) >= 11 is 4.43. The molecule has 0 N–H and O–H groups in total. The van der Waals surface area contributed by atoms with Crippen LogP contribution in [0.25, 0.3) is 11.3 Å². The lowest BCUT2D eigenvalue weighted by atomic mass is 10.1. The number of aromatic nitrogens is 1. The highest BCUT2D eigenvalue weighted by Crippen LogP contribution is 2.26. The fourth-order valence-corrected chi connectivity index (χ4v) is 2.02. The zero-order valence-electron chi connectivity index (χ0n) is 7.15. The van der Waals surface area contributed by atoms with Crippen LogP contribution in [-0.2, 0) is 0 Å². The van der Waals surface area contributed by atoms with E-state index < -0.39 is 5.08 Å². The van der Waals surface area contributed by atoms with Crippen LogP contribution in [0.5, 0.6) is 0 Å². The monoisotopic (exact) mass is 271 g/mol. The van der Waals surface area contributed by atoms with Gasteiger partial charge in [0, 0.05) is 10.9 Å². The normalized spacial score (nSPS) is 12.7. The van der Waals surface area contributed by atoms with Crippen LogP contribution in [-0.4, -0.2) is 4.98 Å². The quantitative estimate of drug-likeness (QED) is 0.747. The number of alkyl halides is 2. The fraction of sp³-hybridized carbons (Fsp3) is 0.100. The molecule has 0 aliphatic heterocycles. The van der Waals surface area contributed by atoms with Crippen LogP contribution in [0.2, 0.25) is 0 Å². The molecule has 14 heavy (non-hydrogen) atoms. The number of hydrogen-bond acceptors (Lipinski definition) is 2. The van der Waals surface area contributed by atoms with Crippen molar-refractivity contribution in [2.24, 2.45) is 0 Å². The van der Waals surface area contributed by atoms with Crippen LogP contribution >= 0.6 is 27.3 Å². The van der Waals surface area contributed by atoms with E-state index in [-0.39, 0.29) is 0 Å². The largest absolute Gasteiger partial charge is 0.245 e. The van der Waals surface area contributed by atoms with Gasteiger partial charge in [0.1, 0.15) is 0 Å². The summed E-state index contributed by atoms with van der Waals surface area (Å²) in [6, 6.07) is 7.26. The first kappa shape index (κ1) is 9.80. The molecule has 0 amide bonds. The number of thiazole rings is 1. The highest BCUT2D eigenvalue weighted by Gasteiger charge is 2.05. The van der Waals surface area contributed by atoms with Crippen LogP contribution in [0.1, 0.15) is 10.6 Å². The average molecular weight is 272 g/mol. The summed E-state index contributed by atoms with van der Waals surface area (Å²) in [5.41, 5.74) is 4.37. The molecule has 72 valence electrons. The number of rotatable bonds is 2. The Balaban J connectivity index is 2.31. The maximum atomic E-state index is 12.8. The van der Waals surface area contributed by atoms with Crippen molar-refractivity contribution in [2.75, 3.05) is 0 Å². The van der Waals surface area contributed by atoms with Crippen molar-refractivity contribution in [3.63, 3.8) is 0 Å². The van der Waals surface area contributed by atoms with Crippen molar-refractivity contribution in [2.45, 2.75) is 5.08 Å².